The molecular formula is C30H23ClN2O3. The highest BCUT2D eigenvalue weighted by Gasteiger charge is 2.37. The van der Waals surface area contributed by atoms with Crippen LogP contribution in [0.1, 0.15) is 27.8 Å². The van der Waals surface area contributed by atoms with E-state index in [4.69, 9.17) is 11.6 Å². The number of urea groups is 1. The fourth-order valence-electron chi connectivity index (χ4n) is 4.71. The van der Waals surface area contributed by atoms with Crippen LogP contribution < -0.4 is 10.2 Å². The first-order chi connectivity index (χ1) is 17.3. The number of amides is 4. The van der Waals surface area contributed by atoms with Crippen LogP contribution in [0.3, 0.4) is 0 Å². The molecule has 0 unspecified atom stereocenters. The molecule has 4 aromatic carbocycles. The maximum Gasteiger partial charge on any atom is 0.335 e. The van der Waals surface area contributed by atoms with Gasteiger partial charge in [0.15, 0.2) is 0 Å². The van der Waals surface area contributed by atoms with Crippen LogP contribution in [0.2, 0.25) is 5.02 Å². The Balaban J connectivity index is 1.65. The molecule has 0 spiro atoms. The van der Waals surface area contributed by atoms with E-state index < -0.39 is 17.8 Å². The molecule has 1 aliphatic rings. The van der Waals surface area contributed by atoms with E-state index in [1.165, 1.54) is 17.2 Å². The summed E-state index contributed by atoms with van der Waals surface area (Å²) in [5.41, 5.74) is 5.39. The molecule has 1 fully saturated rings. The monoisotopic (exact) mass is 494 g/mol. The van der Waals surface area contributed by atoms with Crippen LogP contribution in [-0.2, 0) is 16.0 Å². The average Bonchev–Trinajstić information content (AvgIpc) is 2.82. The summed E-state index contributed by atoms with van der Waals surface area (Å²) in [7, 11) is 0. The number of nitrogens with zero attached hydrogens (tertiary/aromatic N) is 1. The molecule has 178 valence electrons. The van der Waals surface area contributed by atoms with Gasteiger partial charge in [0.25, 0.3) is 11.8 Å². The molecule has 5 rings (SSSR count). The number of hydrogen-bond acceptors (Lipinski definition) is 3. The zero-order valence-corrected chi connectivity index (χ0v) is 20.6. The number of halogens is 1. The summed E-state index contributed by atoms with van der Waals surface area (Å²) in [5, 5.41) is 4.57. The Labute approximate surface area is 214 Å². The largest absolute Gasteiger partial charge is 0.335 e. The molecule has 6 heteroatoms. The van der Waals surface area contributed by atoms with Gasteiger partial charge in [0.2, 0.25) is 0 Å². The lowest BCUT2D eigenvalue weighted by atomic mass is 9.91. The number of hydrogen-bond donors (Lipinski definition) is 1. The molecule has 4 amide bonds. The minimum atomic E-state index is -0.808. The SMILES string of the molecule is Cc1cc(C)cc(Cc2ccc3ccccc3c2/C=C2\C(=O)NC(=O)N(c3cccc(Cl)c3)C2=O)c1. The Kier molecular flexibility index (Phi) is 6.17. The summed E-state index contributed by atoms with van der Waals surface area (Å²) < 4.78 is 0. The highest BCUT2D eigenvalue weighted by molar-refractivity contribution is 6.39. The van der Waals surface area contributed by atoms with E-state index in [-0.39, 0.29) is 11.3 Å². The number of rotatable bonds is 4. The van der Waals surface area contributed by atoms with Gasteiger partial charge in [0, 0.05) is 5.02 Å². The van der Waals surface area contributed by atoms with Gasteiger partial charge in [-0.3, -0.25) is 14.9 Å². The molecule has 1 aliphatic heterocycles. The van der Waals surface area contributed by atoms with Crippen molar-refractivity contribution >= 4 is 52.0 Å². The predicted octanol–water partition coefficient (Wildman–Crippen LogP) is 6.37. The molecule has 1 N–H and O–H groups in total. The zero-order valence-electron chi connectivity index (χ0n) is 19.8. The van der Waals surface area contributed by atoms with Crippen molar-refractivity contribution in [2.24, 2.45) is 0 Å². The Morgan fingerprint density at radius 1 is 0.861 bits per heavy atom. The van der Waals surface area contributed by atoms with Gasteiger partial charge < -0.3 is 0 Å². The Morgan fingerprint density at radius 3 is 2.36 bits per heavy atom. The Bertz CT molecular complexity index is 1570. The lowest BCUT2D eigenvalue weighted by molar-refractivity contribution is -0.122. The maximum absolute atomic E-state index is 13.5. The Morgan fingerprint density at radius 2 is 1.61 bits per heavy atom. The smallest absolute Gasteiger partial charge is 0.273 e. The van der Waals surface area contributed by atoms with Crippen LogP contribution in [-0.4, -0.2) is 17.8 Å². The molecule has 0 atom stereocenters. The van der Waals surface area contributed by atoms with Gasteiger partial charge in [-0.2, -0.15) is 0 Å². The van der Waals surface area contributed by atoms with Crippen molar-refractivity contribution in [2.45, 2.75) is 20.3 Å². The summed E-state index contributed by atoms with van der Waals surface area (Å²) in [4.78, 5) is 39.9. The minimum absolute atomic E-state index is 0.118. The van der Waals surface area contributed by atoms with E-state index >= 15 is 0 Å². The fourth-order valence-corrected chi connectivity index (χ4v) is 4.89. The third-order valence-corrected chi connectivity index (χ3v) is 6.43. The third kappa shape index (κ3) is 4.53. The van der Waals surface area contributed by atoms with Gasteiger partial charge in [-0.15, -0.1) is 0 Å². The fraction of sp³-hybridized carbons (Fsp3) is 0.100. The van der Waals surface area contributed by atoms with Crippen LogP contribution in [0, 0.1) is 13.8 Å². The first-order valence-electron chi connectivity index (χ1n) is 11.5. The number of fused-ring (bicyclic) bond motifs is 1. The zero-order chi connectivity index (χ0) is 25.4. The number of aryl methyl sites for hydroxylation is 2. The number of benzene rings is 4. The predicted molar refractivity (Wildman–Crippen MR) is 143 cm³/mol. The van der Waals surface area contributed by atoms with Crippen molar-refractivity contribution in [1.82, 2.24) is 5.32 Å². The first-order valence-corrected chi connectivity index (χ1v) is 11.9. The second-order valence-corrected chi connectivity index (χ2v) is 9.41. The van der Waals surface area contributed by atoms with Gasteiger partial charge in [0.1, 0.15) is 5.57 Å². The summed E-state index contributed by atoms with van der Waals surface area (Å²) in [6.07, 6.45) is 2.22. The molecule has 5 nitrogen and oxygen atoms in total. The number of nitrogens with one attached hydrogen (secondary N) is 1. The summed E-state index contributed by atoms with van der Waals surface area (Å²) >= 11 is 6.09. The van der Waals surface area contributed by atoms with E-state index in [9.17, 15) is 14.4 Å². The number of anilines is 1. The van der Waals surface area contributed by atoms with E-state index in [0.717, 1.165) is 32.4 Å². The molecule has 0 aromatic heterocycles. The van der Waals surface area contributed by atoms with E-state index in [1.54, 1.807) is 24.3 Å². The van der Waals surface area contributed by atoms with Crippen molar-refractivity contribution in [3.8, 4) is 0 Å². The van der Waals surface area contributed by atoms with E-state index in [1.807, 2.05) is 36.4 Å². The number of barbiturate groups is 1. The first kappa shape index (κ1) is 23.5. The second-order valence-electron chi connectivity index (χ2n) is 8.97. The van der Waals surface area contributed by atoms with Crippen LogP contribution in [0.25, 0.3) is 16.8 Å². The second kappa shape index (κ2) is 9.44. The summed E-state index contributed by atoms with van der Waals surface area (Å²) in [6.45, 7) is 4.12. The van der Waals surface area contributed by atoms with Gasteiger partial charge in [-0.25, -0.2) is 9.69 Å². The molecule has 0 saturated carbocycles. The molecule has 36 heavy (non-hydrogen) atoms. The third-order valence-electron chi connectivity index (χ3n) is 6.19. The van der Waals surface area contributed by atoms with Gasteiger partial charge >= 0.3 is 6.03 Å². The van der Waals surface area contributed by atoms with Gasteiger partial charge in [-0.1, -0.05) is 83.4 Å². The Hall–Kier alpha value is -4.22. The molecule has 4 aromatic rings. The van der Waals surface area contributed by atoms with E-state index in [0.29, 0.717) is 11.4 Å². The van der Waals surface area contributed by atoms with Crippen LogP contribution in [0.15, 0.2) is 84.4 Å². The van der Waals surface area contributed by atoms with Crippen molar-refractivity contribution in [3.63, 3.8) is 0 Å². The standard InChI is InChI=1S/C30H23ClN2O3/c1-18-12-19(2)14-20(13-18)15-22-11-10-21-6-3-4-9-25(21)26(22)17-27-28(34)32-30(36)33(29(27)35)24-8-5-7-23(31)16-24/h3-14,16-17H,15H2,1-2H3,(H,32,34,36)/b27-17+. The molecule has 0 bridgehead atoms. The lowest BCUT2D eigenvalue weighted by Crippen LogP contribution is -2.54. The van der Waals surface area contributed by atoms with Gasteiger partial charge in [0.05, 0.1) is 5.69 Å². The highest BCUT2D eigenvalue weighted by atomic mass is 35.5. The maximum atomic E-state index is 13.5. The molecule has 0 aliphatic carbocycles. The molecular weight excluding hydrogens is 472 g/mol. The normalized spacial score (nSPS) is 15.0. The molecule has 1 heterocycles. The molecule has 0 radical (unpaired) electrons. The molecule has 1 saturated heterocycles. The van der Waals surface area contributed by atoms with Crippen LogP contribution in [0.5, 0.6) is 0 Å². The van der Waals surface area contributed by atoms with Gasteiger partial charge in [-0.05, 0) is 72.0 Å². The van der Waals surface area contributed by atoms with E-state index in [2.05, 4.69) is 37.4 Å². The van der Waals surface area contributed by atoms with Crippen molar-refractivity contribution in [1.29, 1.82) is 0 Å². The van der Waals surface area contributed by atoms with Crippen LogP contribution in [0.4, 0.5) is 10.5 Å². The number of carbonyl (C=O) groups excluding carboxylic acids is 3. The summed E-state index contributed by atoms with van der Waals surface area (Å²) in [6, 6.07) is 23.9. The van der Waals surface area contributed by atoms with Crippen molar-refractivity contribution in [3.05, 3.63) is 117 Å². The van der Waals surface area contributed by atoms with Crippen molar-refractivity contribution < 1.29 is 14.4 Å². The average molecular weight is 495 g/mol. The summed E-state index contributed by atoms with van der Waals surface area (Å²) in [5.74, 6) is -1.43. The topological polar surface area (TPSA) is 66.5 Å². The number of carbonyl (C=O) groups is 3. The quantitative estimate of drug-likeness (QED) is 0.265. The number of imide groups is 2. The highest BCUT2D eigenvalue weighted by Crippen LogP contribution is 2.30. The minimum Gasteiger partial charge on any atom is -0.273 e. The van der Waals surface area contributed by atoms with Crippen LogP contribution >= 0.6 is 11.6 Å². The lowest BCUT2D eigenvalue weighted by Gasteiger charge is -2.26. The van der Waals surface area contributed by atoms with Crippen molar-refractivity contribution in [2.75, 3.05) is 4.90 Å².